The van der Waals surface area contributed by atoms with Crippen molar-refractivity contribution in [1.82, 2.24) is 15.0 Å². The number of hydrogen-bond donors (Lipinski definition) is 1. The van der Waals surface area contributed by atoms with Crippen LogP contribution >= 0.6 is 0 Å². The molecule has 1 aromatic carbocycles. The van der Waals surface area contributed by atoms with Crippen LogP contribution in [0.15, 0.2) is 24.3 Å². The number of hydrogen-bond acceptors (Lipinski definition) is 4. The van der Waals surface area contributed by atoms with Crippen LogP contribution in [0.4, 0.5) is 0 Å². The second-order valence-electron chi connectivity index (χ2n) is 6.40. The van der Waals surface area contributed by atoms with E-state index in [-0.39, 0.29) is 12.0 Å². The van der Waals surface area contributed by atoms with Crippen molar-refractivity contribution in [2.75, 3.05) is 6.61 Å². The molecule has 120 valence electrons. The second-order valence-corrected chi connectivity index (χ2v) is 6.40. The first-order valence-corrected chi connectivity index (χ1v) is 7.76. The zero-order valence-corrected chi connectivity index (χ0v) is 13.8. The molecule has 0 saturated heterocycles. The maximum absolute atomic E-state index is 9.47. The summed E-state index contributed by atoms with van der Waals surface area (Å²) in [6, 6.07) is 7.81. The molecule has 0 unspecified atom stereocenters. The van der Waals surface area contributed by atoms with Gasteiger partial charge in [-0.05, 0) is 30.7 Å². The second kappa shape index (κ2) is 6.92. The fourth-order valence-electron chi connectivity index (χ4n) is 2.37. The Morgan fingerprint density at radius 2 is 1.86 bits per heavy atom. The highest BCUT2D eigenvalue weighted by molar-refractivity contribution is 5.39. The fraction of sp³-hybridized carbons (Fsp3) is 0.529. The quantitative estimate of drug-likeness (QED) is 0.832. The highest BCUT2D eigenvalue weighted by Gasteiger charge is 2.25. The lowest BCUT2D eigenvalue weighted by atomic mass is 9.90. The minimum absolute atomic E-state index is 0.106. The maximum Gasteiger partial charge on any atom is 0.119 e. The average molecular weight is 303 g/mol. The van der Waals surface area contributed by atoms with Crippen molar-refractivity contribution >= 4 is 0 Å². The van der Waals surface area contributed by atoms with Gasteiger partial charge in [0.25, 0.3) is 0 Å². The van der Waals surface area contributed by atoms with Gasteiger partial charge in [0.15, 0.2) is 0 Å². The molecule has 0 bridgehead atoms. The van der Waals surface area contributed by atoms with Crippen LogP contribution in [-0.4, -0.2) is 26.7 Å². The smallest absolute Gasteiger partial charge is 0.119 e. The van der Waals surface area contributed by atoms with E-state index in [0.29, 0.717) is 5.69 Å². The molecule has 0 aliphatic rings. The molecule has 0 aliphatic carbocycles. The zero-order chi connectivity index (χ0) is 16.2. The van der Waals surface area contributed by atoms with Gasteiger partial charge in [-0.2, -0.15) is 0 Å². The predicted molar refractivity (Wildman–Crippen MR) is 86.4 cm³/mol. The van der Waals surface area contributed by atoms with Crippen molar-refractivity contribution in [3.63, 3.8) is 0 Å². The summed E-state index contributed by atoms with van der Waals surface area (Å²) in [5.74, 6) is 0.858. The van der Waals surface area contributed by atoms with Crippen LogP contribution in [-0.2, 0) is 12.0 Å². The Morgan fingerprint density at radius 1 is 1.18 bits per heavy atom. The molecule has 1 N–H and O–H groups in total. The minimum atomic E-state index is -0.155. The van der Waals surface area contributed by atoms with E-state index >= 15 is 0 Å². The van der Waals surface area contributed by atoms with Crippen molar-refractivity contribution in [1.29, 1.82) is 0 Å². The lowest BCUT2D eigenvalue weighted by molar-refractivity contribution is 0.273. The van der Waals surface area contributed by atoms with E-state index in [2.05, 4.69) is 38.0 Å². The topological polar surface area (TPSA) is 60.2 Å². The summed E-state index contributed by atoms with van der Waals surface area (Å²) in [6.45, 7) is 9.03. The van der Waals surface area contributed by atoms with Gasteiger partial charge < -0.3 is 9.84 Å². The summed E-state index contributed by atoms with van der Waals surface area (Å²) >= 11 is 0. The molecule has 1 aromatic heterocycles. The third-order valence-electron chi connectivity index (χ3n) is 3.45. The zero-order valence-electron chi connectivity index (χ0n) is 13.8. The Labute approximate surface area is 131 Å². The van der Waals surface area contributed by atoms with Gasteiger partial charge in [0.1, 0.15) is 11.4 Å². The van der Waals surface area contributed by atoms with Crippen LogP contribution in [0.25, 0.3) is 5.69 Å². The number of ether oxygens (including phenoxy) is 1. The largest absolute Gasteiger partial charge is 0.494 e. The first-order valence-electron chi connectivity index (χ1n) is 7.76. The van der Waals surface area contributed by atoms with E-state index in [1.54, 1.807) is 4.68 Å². The molecule has 0 radical (unpaired) electrons. The number of rotatable bonds is 6. The molecule has 0 aliphatic heterocycles. The number of aliphatic hydroxyl groups is 1. The van der Waals surface area contributed by atoms with Crippen LogP contribution < -0.4 is 4.74 Å². The minimum Gasteiger partial charge on any atom is -0.494 e. The van der Waals surface area contributed by atoms with Crippen molar-refractivity contribution < 1.29 is 9.84 Å². The van der Waals surface area contributed by atoms with E-state index in [9.17, 15) is 5.11 Å². The Hall–Kier alpha value is -1.88. The monoisotopic (exact) mass is 303 g/mol. The molecule has 2 aromatic rings. The Balaban J connectivity index is 2.27. The van der Waals surface area contributed by atoms with Crippen LogP contribution in [0, 0.1) is 0 Å². The summed E-state index contributed by atoms with van der Waals surface area (Å²) in [6.07, 6.45) is 2.18. The lowest BCUT2D eigenvalue weighted by Crippen LogP contribution is -2.19. The van der Waals surface area contributed by atoms with E-state index in [1.807, 2.05) is 24.3 Å². The van der Waals surface area contributed by atoms with Gasteiger partial charge in [-0.15, -0.1) is 5.10 Å². The Kier molecular flexibility index (Phi) is 5.19. The molecule has 0 atom stereocenters. The van der Waals surface area contributed by atoms with E-state index in [0.717, 1.165) is 36.6 Å². The summed E-state index contributed by atoms with van der Waals surface area (Å²) in [7, 11) is 0. The normalized spacial score (nSPS) is 11.7. The van der Waals surface area contributed by atoms with Crippen LogP contribution in [0.1, 0.15) is 51.9 Å². The molecule has 0 spiro atoms. The third kappa shape index (κ3) is 3.65. The summed E-state index contributed by atoms with van der Waals surface area (Å²) in [4.78, 5) is 0. The lowest BCUT2D eigenvalue weighted by Gasteiger charge is -2.21. The van der Waals surface area contributed by atoms with Crippen molar-refractivity contribution in [3.05, 3.63) is 35.7 Å². The molecule has 2 rings (SSSR count). The number of aliphatic hydroxyl groups excluding tert-OH is 1. The van der Waals surface area contributed by atoms with Crippen molar-refractivity contribution in [2.24, 2.45) is 0 Å². The van der Waals surface area contributed by atoms with Gasteiger partial charge in [-0.3, -0.25) is 0 Å². The molecule has 0 saturated carbocycles. The van der Waals surface area contributed by atoms with Crippen molar-refractivity contribution in [3.8, 4) is 11.4 Å². The SMILES string of the molecule is CCCCOc1ccc(-n2nnc(CO)c2C(C)(C)C)cc1. The molecule has 0 amide bonds. The molecule has 0 fully saturated rings. The first-order chi connectivity index (χ1) is 10.5. The van der Waals surface area contributed by atoms with E-state index < -0.39 is 0 Å². The van der Waals surface area contributed by atoms with Gasteiger partial charge in [-0.25, -0.2) is 4.68 Å². The Bertz CT molecular complexity index is 597. The fourth-order valence-corrected chi connectivity index (χ4v) is 2.37. The summed E-state index contributed by atoms with van der Waals surface area (Å²) in [5.41, 5.74) is 2.31. The Morgan fingerprint density at radius 3 is 2.41 bits per heavy atom. The van der Waals surface area contributed by atoms with Crippen LogP contribution in [0.5, 0.6) is 5.75 Å². The van der Waals surface area contributed by atoms with Crippen LogP contribution in [0.3, 0.4) is 0 Å². The average Bonchev–Trinajstić information content (AvgIpc) is 2.92. The van der Waals surface area contributed by atoms with Gasteiger partial charge in [0, 0.05) is 5.41 Å². The highest BCUT2D eigenvalue weighted by Crippen LogP contribution is 2.27. The predicted octanol–water partition coefficient (Wildman–Crippen LogP) is 3.24. The molecule has 1 heterocycles. The van der Waals surface area contributed by atoms with Gasteiger partial charge in [0.05, 0.1) is 24.6 Å². The van der Waals surface area contributed by atoms with E-state index in [1.165, 1.54) is 0 Å². The van der Waals surface area contributed by atoms with Gasteiger partial charge in [-0.1, -0.05) is 39.3 Å². The summed E-state index contributed by atoms with van der Waals surface area (Å²) in [5, 5.41) is 17.8. The maximum atomic E-state index is 9.47. The van der Waals surface area contributed by atoms with Crippen LogP contribution in [0.2, 0.25) is 0 Å². The molecule has 5 heteroatoms. The van der Waals surface area contributed by atoms with Crippen molar-refractivity contribution in [2.45, 2.75) is 52.6 Å². The number of benzene rings is 1. The molecule has 5 nitrogen and oxygen atoms in total. The molecular formula is C17H25N3O2. The highest BCUT2D eigenvalue weighted by atomic mass is 16.5. The number of nitrogens with zero attached hydrogens (tertiary/aromatic N) is 3. The van der Waals surface area contributed by atoms with Gasteiger partial charge in [0.2, 0.25) is 0 Å². The standard InChI is InChI=1S/C17H25N3O2/c1-5-6-11-22-14-9-7-13(8-10-14)20-16(17(2,3)4)15(12-21)18-19-20/h7-10,21H,5-6,11-12H2,1-4H3. The molecular weight excluding hydrogens is 278 g/mol. The van der Waals surface area contributed by atoms with E-state index in [4.69, 9.17) is 4.74 Å². The third-order valence-corrected chi connectivity index (χ3v) is 3.45. The number of unbranched alkanes of at least 4 members (excludes halogenated alkanes) is 1. The number of aromatic nitrogens is 3. The van der Waals surface area contributed by atoms with Gasteiger partial charge >= 0.3 is 0 Å². The molecule has 22 heavy (non-hydrogen) atoms. The first kappa shape index (κ1) is 16.5. The summed E-state index contributed by atoms with van der Waals surface area (Å²) < 4.78 is 7.47.